The van der Waals surface area contributed by atoms with Crippen LogP contribution in [0.3, 0.4) is 0 Å². The fraction of sp³-hybridized carbons (Fsp3) is 0.571. The molecule has 1 atom stereocenters. The molecular weight excluding hydrogens is 258 g/mol. The third kappa shape index (κ3) is 3.64. The topological polar surface area (TPSA) is 51.4 Å². The molecule has 2 N–H and O–H groups in total. The average Bonchev–Trinajstić information content (AvgIpc) is 3.23. The number of hydrogen-bond donors (Lipinski definition) is 1. The van der Waals surface area contributed by atoms with Crippen LogP contribution in [0.1, 0.15) is 25.5 Å². The van der Waals surface area contributed by atoms with E-state index in [0.29, 0.717) is 23.3 Å². The summed E-state index contributed by atoms with van der Waals surface area (Å²) in [6, 6.07) is 4.44. The summed E-state index contributed by atoms with van der Waals surface area (Å²) in [6.45, 7) is 3.87. The van der Waals surface area contributed by atoms with Crippen molar-refractivity contribution in [3.63, 3.8) is 0 Å². The number of pyridine rings is 1. The first-order chi connectivity index (χ1) is 9.13. The van der Waals surface area contributed by atoms with Gasteiger partial charge in [0.2, 0.25) is 0 Å². The van der Waals surface area contributed by atoms with Crippen molar-refractivity contribution >= 4 is 22.9 Å². The number of ether oxygens (including phenoxy) is 1. The lowest BCUT2D eigenvalue weighted by molar-refractivity contribution is 0.202. The van der Waals surface area contributed by atoms with Crippen LogP contribution in [-0.2, 0) is 4.74 Å². The quantitative estimate of drug-likeness (QED) is 0.773. The van der Waals surface area contributed by atoms with E-state index in [0.717, 1.165) is 18.2 Å². The Morgan fingerprint density at radius 3 is 2.79 bits per heavy atom. The van der Waals surface area contributed by atoms with Gasteiger partial charge in [0.15, 0.2) is 0 Å². The fourth-order valence-electron chi connectivity index (χ4n) is 2.29. The Kier molecular flexibility index (Phi) is 4.71. The number of methoxy groups -OCH3 is 1. The van der Waals surface area contributed by atoms with E-state index >= 15 is 0 Å². The molecule has 104 valence electrons. The monoisotopic (exact) mass is 279 g/mol. The summed E-state index contributed by atoms with van der Waals surface area (Å²) >= 11 is 4.93. The van der Waals surface area contributed by atoms with Gasteiger partial charge in [-0.2, -0.15) is 0 Å². The van der Waals surface area contributed by atoms with Gasteiger partial charge < -0.3 is 15.4 Å². The van der Waals surface area contributed by atoms with Crippen LogP contribution < -0.4 is 10.6 Å². The van der Waals surface area contributed by atoms with Crippen LogP contribution in [0.2, 0.25) is 0 Å². The molecule has 0 amide bonds. The van der Waals surface area contributed by atoms with Gasteiger partial charge in [0, 0.05) is 19.7 Å². The van der Waals surface area contributed by atoms with Gasteiger partial charge in [0.05, 0.1) is 24.2 Å². The molecule has 1 aliphatic carbocycles. The van der Waals surface area contributed by atoms with Gasteiger partial charge in [0.25, 0.3) is 0 Å². The highest BCUT2D eigenvalue weighted by Crippen LogP contribution is 2.36. The third-order valence-electron chi connectivity index (χ3n) is 3.66. The van der Waals surface area contributed by atoms with Gasteiger partial charge in [0.1, 0.15) is 4.99 Å². The van der Waals surface area contributed by atoms with Crippen molar-refractivity contribution in [2.45, 2.75) is 25.8 Å². The van der Waals surface area contributed by atoms with Crippen molar-refractivity contribution in [2.75, 3.05) is 25.2 Å². The zero-order valence-electron chi connectivity index (χ0n) is 11.5. The first-order valence-electron chi connectivity index (χ1n) is 6.65. The molecule has 5 heteroatoms. The van der Waals surface area contributed by atoms with E-state index in [9.17, 15) is 0 Å². The molecule has 0 saturated heterocycles. The van der Waals surface area contributed by atoms with Crippen molar-refractivity contribution in [3.8, 4) is 0 Å². The molecule has 19 heavy (non-hydrogen) atoms. The van der Waals surface area contributed by atoms with E-state index in [1.165, 1.54) is 12.8 Å². The Bertz CT molecular complexity index is 431. The van der Waals surface area contributed by atoms with E-state index in [1.54, 1.807) is 7.11 Å². The van der Waals surface area contributed by atoms with Crippen molar-refractivity contribution in [1.82, 2.24) is 4.98 Å². The highest BCUT2D eigenvalue weighted by atomic mass is 32.1. The average molecular weight is 279 g/mol. The summed E-state index contributed by atoms with van der Waals surface area (Å²) in [6.07, 6.45) is 4.50. The minimum absolute atomic E-state index is 0.338. The second-order valence-electron chi connectivity index (χ2n) is 5.03. The molecule has 0 aromatic carbocycles. The van der Waals surface area contributed by atoms with Crippen LogP contribution >= 0.6 is 12.2 Å². The van der Waals surface area contributed by atoms with Gasteiger partial charge in [-0.3, -0.25) is 4.98 Å². The lowest BCUT2D eigenvalue weighted by Crippen LogP contribution is -2.37. The Balaban J connectivity index is 2.13. The smallest absolute Gasteiger partial charge is 0.122 e. The molecule has 0 spiro atoms. The molecule has 1 aromatic heterocycles. The highest BCUT2D eigenvalue weighted by molar-refractivity contribution is 7.80. The number of rotatable bonds is 7. The Morgan fingerprint density at radius 1 is 1.58 bits per heavy atom. The summed E-state index contributed by atoms with van der Waals surface area (Å²) in [5, 5.41) is 0. The van der Waals surface area contributed by atoms with Crippen LogP contribution in [0.4, 0.5) is 5.69 Å². The number of aromatic nitrogens is 1. The first kappa shape index (κ1) is 14.2. The molecule has 1 saturated carbocycles. The summed E-state index contributed by atoms with van der Waals surface area (Å²) < 4.78 is 5.20. The van der Waals surface area contributed by atoms with E-state index < -0.39 is 0 Å². The van der Waals surface area contributed by atoms with Crippen molar-refractivity contribution < 1.29 is 4.74 Å². The van der Waals surface area contributed by atoms with E-state index in [1.807, 2.05) is 18.3 Å². The number of thiocarbonyl (C=S) groups is 1. The third-order valence-corrected chi connectivity index (χ3v) is 3.87. The lowest BCUT2D eigenvalue weighted by Gasteiger charge is -2.31. The molecule has 1 fully saturated rings. The second kappa shape index (κ2) is 6.30. The molecule has 1 aliphatic rings. The molecular formula is C14H21N3OS. The Labute approximate surface area is 120 Å². The van der Waals surface area contributed by atoms with Crippen molar-refractivity contribution in [1.29, 1.82) is 0 Å². The second-order valence-corrected chi connectivity index (χ2v) is 5.47. The summed E-state index contributed by atoms with van der Waals surface area (Å²) in [4.78, 5) is 7.02. The van der Waals surface area contributed by atoms with Gasteiger partial charge in [-0.15, -0.1) is 0 Å². The number of hydrogen-bond acceptors (Lipinski definition) is 4. The largest absolute Gasteiger partial charge is 0.388 e. The number of nitrogens with zero attached hydrogens (tertiary/aromatic N) is 2. The maximum Gasteiger partial charge on any atom is 0.122 e. The SMILES string of the molecule is COCCN(c1ccc(C(N)=S)nc1)C(C)C1CC1. The van der Waals surface area contributed by atoms with Crippen LogP contribution in [0.5, 0.6) is 0 Å². The number of nitrogens with two attached hydrogens (primary N) is 1. The van der Waals surface area contributed by atoms with E-state index in [4.69, 9.17) is 22.7 Å². The van der Waals surface area contributed by atoms with Crippen LogP contribution in [0.25, 0.3) is 0 Å². The minimum atomic E-state index is 0.338. The lowest BCUT2D eigenvalue weighted by atomic mass is 10.1. The van der Waals surface area contributed by atoms with E-state index in [-0.39, 0.29) is 0 Å². The molecule has 0 bridgehead atoms. The summed E-state index contributed by atoms with van der Waals surface area (Å²) in [5.41, 5.74) is 7.35. The Morgan fingerprint density at radius 2 is 2.32 bits per heavy atom. The van der Waals surface area contributed by atoms with Gasteiger partial charge in [-0.1, -0.05) is 12.2 Å². The zero-order valence-corrected chi connectivity index (χ0v) is 12.3. The van der Waals surface area contributed by atoms with Gasteiger partial charge in [-0.25, -0.2) is 0 Å². The maximum atomic E-state index is 5.57. The zero-order chi connectivity index (χ0) is 13.8. The standard InChI is InChI=1S/C14H21N3OS/c1-10(11-3-4-11)17(7-8-18-2)12-5-6-13(14(15)19)16-9-12/h5-6,9-11H,3-4,7-8H2,1-2H3,(H2,15,19). The maximum absolute atomic E-state index is 5.57. The molecule has 2 rings (SSSR count). The predicted octanol–water partition coefficient (Wildman–Crippen LogP) is 1.97. The molecule has 0 radical (unpaired) electrons. The van der Waals surface area contributed by atoms with Gasteiger partial charge >= 0.3 is 0 Å². The van der Waals surface area contributed by atoms with Gasteiger partial charge in [-0.05, 0) is 37.8 Å². The van der Waals surface area contributed by atoms with E-state index in [2.05, 4.69) is 16.8 Å². The molecule has 4 nitrogen and oxygen atoms in total. The van der Waals surface area contributed by atoms with Crippen LogP contribution in [0.15, 0.2) is 18.3 Å². The minimum Gasteiger partial charge on any atom is -0.388 e. The van der Waals surface area contributed by atoms with Crippen molar-refractivity contribution in [3.05, 3.63) is 24.0 Å². The predicted molar refractivity (Wildman–Crippen MR) is 81.5 cm³/mol. The fourth-order valence-corrected chi connectivity index (χ4v) is 2.41. The summed E-state index contributed by atoms with van der Waals surface area (Å²) in [7, 11) is 1.73. The molecule has 1 heterocycles. The molecule has 1 unspecified atom stereocenters. The Hall–Kier alpha value is -1.20. The van der Waals surface area contributed by atoms with Crippen molar-refractivity contribution in [2.24, 2.45) is 11.7 Å². The summed E-state index contributed by atoms with van der Waals surface area (Å²) in [5.74, 6) is 0.798. The molecule has 1 aromatic rings. The molecule has 0 aliphatic heterocycles. The van der Waals surface area contributed by atoms with Crippen LogP contribution in [0, 0.1) is 5.92 Å². The van der Waals surface area contributed by atoms with Crippen LogP contribution in [-0.4, -0.2) is 36.3 Å². The highest BCUT2D eigenvalue weighted by Gasteiger charge is 2.32. The first-order valence-corrected chi connectivity index (χ1v) is 7.05. The normalized spacial score (nSPS) is 16.1. The number of anilines is 1.